The monoisotopic (exact) mass is 421 g/mol. The van der Waals surface area contributed by atoms with E-state index in [0.29, 0.717) is 28.6 Å². The topological polar surface area (TPSA) is 107 Å². The molecular weight excluding hydrogens is 405 g/mol. The highest BCUT2D eigenvalue weighted by atomic mass is 35.5. The molecule has 0 atom stereocenters. The molecule has 2 heterocycles. The van der Waals surface area contributed by atoms with Gasteiger partial charge in [0, 0.05) is 17.6 Å². The summed E-state index contributed by atoms with van der Waals surface area (Å²) >= 11 is 5.90. The van der Waals surface area contributed by atoms with Gasteiger partial charge in [-0.3, -0.25) is 0 Å². The molecule has 7 nitrogen and oxygen atoms in total. The Kier molecular flexibility index (Phi) is 5.40. The molecule has 4 rings (SSSR count). The maximum atomic E-state index is 13.1. The van der Waals surface area contributed by atoms with E-state index in [1.165, 1.54) is 12.1 Å². The van der Waals surface area contributed by atoms with Gasteiger partial charge in [-0.1, -0.05) is 11.6 Å². The Bertz CT molecular complexity index is 1200. The molecule has 0 radical (unpaired) electrons. The van der Waals surface area contributed by atoms with E-state index in [1.807, 2.05) is 6.20 Å². The van der Waals surface area contributed by atoms with Gasteiger partial charge in [-0.05, 0) is 65.7 Å². The fourth-order valence-corrected chi connectivity index (χ4v) is 3.03. The van der Waals surface area contributed by atoms with Gasteiger partial charge in [-0.15, -0.1) is 5.11 Å². The highest BCUT2D eigenvalue weighted by Crippen LogP contribution is 2.31. The highest BCUT2D eigenvalue weighted by molar-refractivity contribution is 6.30. The Balaban J connectivity index is 1.62. The van der Waals surface area contributed by atoms with Crippen LogP contribution >= 0.6 is 11.6 Å². The lowest BCUT2D eigenvalue weighted by Crippen LogP contribution is -2.00. The van der Waals surface area contributed by atoms with Crippen molar-refractivity contribution in [2.75, 3.05) is 11.5 Å². The van der Waals surface area contributed by atoms with Gasteiger partial charge < -0.3 is 11.5 Å². The molecule has 0 saturated carbocycles. The van der Waals surface area contributed by atoms with Gasteiger partial charge in [0.25, 0.3) is 0 Å². The third-order valence-corrected chi connectivity index (χ3v) is 4.58. The minimum atomic E-state index is -0.301. The lowest BCUT2D eigenvalue weighted by atomic mass is 10.1. The van der Waals surface area contributed by atoms with Crippen LogP contribution in [0.4, 0.5) is 27.4 Å². The first-order chi connectivity index (χ1) is 14.5. The normalized spacial score (nSPS) is 11.3. The van der Waals surface area contributed by atoms with Gasteiger partial charge >= 0.3 is 0 Å². The Labute approximate surface area is 176 Å². The van der Waals surface area contributed by atoms with E-state index in [4.69, 9.17) is 23.1 Å². The molecule has 4 N–H and O–H groups in total. The quantitative estimate of drug-likeness (QED) is 0.430. The van der Waals surface area contributed by atoms with Crippen molar-refractivity contribution in [3.05, 3.63) is 89.0 Å². The van der Waals surface area contributed by atoms with Crippen molar-refractivity contribution in [2.24, 2.45) is 10.2 Å². The summed E-state index contributed by atoms with van der Waals surface area (Å²) in [6.07, 6.45) is 4.03. The molecule has 30 heavy (non-hydrogen) atoms. The molecule has 2 aromatic carbocycles. The van der Waals surface area contributed by atoms with Crippen LogP contribution in [0, 0.1) is 5.82 Å². The molecule has 9 heteroatoms. The van der Waals surface area contributed by atoms with E-state index in [2.05, 4.69) is 20.3 Å². The van der Waals surface area contributed by atoms with Crippen LogP contribution in [0.15, 0.2) is 77.2 Å². The molecule has 0 unspecified atom stereocenters. The largest absolute Gasteiger partial charge is 0.384 e. The zero-order chi connectivity index (χ0) is 21.1. The van der Waals surface area contributed by atoms with E-state index >= 15 is 0 Å². The van der Waals surface area contributed by atoms with E-state index in [9.17, 15) is 4.39 Å². The maximum absolute atomic E-state index is 13.1. The van der Waals surface area contributed by atoms with Crippen LogP contribution in [-0.4, -0.2) is 14.8 Å². The van der Waals surface area contributed by atoms with E-state index in [-0.39, 0.29) is 11.6 Å². The zero-order valence-corrected chi connectivity index (χ0v) is 16.5. The maximum Gasteiger partial charge on any atom is 0.154 e. The van der Waals surface area contributed by atoms with Crippen molar-refractivity contribution < 1.29 is 4.39 Å². The molecule has 2 aromatic heterocycles. The molecule has 0 amide bonds. The summed E-state index contributed by atoms with van der Waals surface area (Å²) in [5.74, 6) is 0.178. The first-order valence-corrected chi connectivity index (χ1v) is 9.37. The van der Waals surface area contributed by atoms with Gasteiger partial charge in [0.05, 0.1) is 17.6 Å². The standard InChI is InChI=1S/C21H17ClFN7/c22-15-1-5-17(6-2-15)28-29-20-14(10-19(24)27-21(20)25)9-13-11-26-30(12-13)18-7-3-16(23)4-8-18/h1-8,10-12H,9H2,(H4,24,25,27)/b29-28+. The SMILES string of the molecule is Nc1cc(Cc2cnn(-c3ccc(F)cc3)c2)c(/N=N/c2ccc(Cl)cc2)c(N)n1. The fourth-order valence-electron chi connectivity index (χ4n) is 2.91. The predicted molar refractivity (Wildman–Crippen MR) is 115 cm³/mol. The summed E-state index contributed by atoms with van der Waals surface area (Å²) in [6, 6.07) is 14.7. The molecule has 0 aliphatic carbocycles. The molecule has 0 aliphatic rings. The molecule has 0 spiro atoms. The number of anilines is 2. The number of azo groups is 1. The number of hydrogen-bond donors (Lipinski definition) is 2. The summed E-state index contributed by atoms with van der Waals surface area (Å²) in [5.41, 5.74) is 15.4. The number of nitrogens with two attached hydrogens (primary N) is 2. The second kappa shape index (κ2) is 8.30. The van der Waals surface area contributed by atoms with Gasteiger partial charge in [0.15, 0.2) is 5.82 Å². The Morgan fingerprint density at radius 1 is 1.00 bits per heavy atom. The van der Waals surface area contributed by atoms with Crippen LogP contribution in [0.25, 0.3) is 5.69 Å². The van der Waals surface area contributed by atoms with Gasteiger partial charge in [-0.2, -0.15) is 10.2 Å². The van der Waals surface area contributed by atoms with Crippen LogP contribution in [0.5, 0.6) is 0 Å². The Morgan fingerprint density at radius 2 is 1.73 bits per heavy atom. The van der Waals surface area contributed by atoms with E-state index < -0.39 is 0 Å². The van der Waals surface area contributed by atoms with Crippen molar-refractivity contribution in [3.63, 3.8) is 0 Å². The Hall–Kier alpha value is -3.78. The number of aromatic nitrogens is 3. The van der Waals surface area contributed by atoms with Crippen molar-refractivity contribution in [3.8, 4) is 5.69 Å². The number of benzene rings is 2. The van der Waals surface area contributed by atoms with Crippen molar-refractivity contribution in [2.45, 2.75) is 6.42 Å². The fraction of sp³-hybridized carbons (Fsp3) is 0.0476. The molecule has 4 aromatic rings. The van der Waals surface area contributed by atoms with Gasteiger partial charge in [0.1, 0.15) is 17.3 Å². The molecule has 0 aliphatic heterocycles. The first-order valence-electron chi connectivity index (χ1n) is 8.99. The predicted octanol–water partition coefficient (Wildman–Crippen LogP) is 5.23. The molecular formula is C21H17ClFN7. The third kappa shape index (κ3) is 4.44. The summed E-state index contributed by atoms with van der Waals surface area (Å²) in [4.78, 5) is 4.09. The number of halogens is 2. The van der Waals surface area contributed by atoms with Crippen LogP contribution in [0.1, 0.15) is 11.1 Å². The Morgan fingerprint density at radius 3 is 2.47 bits per heavy atom. The summed E-state index contributed by atoms with van der Waals surface area (Å²) < 4.78 is 14.8. The van der Waals surface area contributed by atoms with Crippen LogP contribution < -0.4 is 11.5 Å². The van der Waals surface area contributed by atoms with Gasteiger partial charge in [0.2, 0.25) is 0 Å². The molecule has 0 fully saturated rings. The van der Waals surface area contributed by atoms with E-state index in [1.54, 1.807) is 53.3 Å². The second-order valence-electron chi connectivity index (χ2n) is 6.56. The summed E-state index contributed by atoms with van der Waals surface area (Å²) in [5, 5.41) is 13.5. The van der Waals surface area contributed by atoms with Crippen molar-refractivity contribution >= 4 is 34.6 Å². The molecule has 0 bridgehead atoms. The summed E-state index contributed by atoms with van der Waals surface area (Å²) in [6.45, 7) is 0. The van der Waals surface area contributed by atoms with Crippen molar-refractivity contribution in [1.82, 2.24) is 14.8 Å². The number of rotatable bonds is 5. The number of nitrogens with zero attached hydrogens (tertiary/aromatic N) is 5. The first kappa shape index (κ1) is 19.5. The number of nitrogen functional groups attached to an aromatic ring is 2. The third-order valence-electron chi connectivity index (χ3n) is 4.33. The highest BCUT2D eigenvalue weighted by Gasteiger charge is 2.12. The van der Waals surface area contributed by atoms with Crippen molar-refractivity contribution in [1.29, 1.82) is 0 Å². The lowest BCUT2D eigenvalue weighted by Gasteiger charge is -2.08. The molecule has 0 saturated heterocycles. The minimum Gasteiger partial charge on any atom is -0.384 e. The van der Waals surface area contributed by atoms with Crippen LogP contribution in [0.3, 0.4) is 0 Å². The van der Waals surface area contributed by atoms with Crippen LogP contribution in [-0.2, 0) is 6.42 Å². The zero-order valence-electron chi connectivity index (χ0n) is 15.7. The van der Waals surface area contributed by atoms with Crippen LogP contribution in [0.2, 0.25) is 5.02 Å². The van der Waals surface area contributed by atoms with Gasteiger partial charge in [-0.25, -0.2) is 14.1 Å². The second-order valence-corrected chi connectivity index (χ2v) is 7.00. The summed E-state index contributed by atoms with van der Waals surface area (Å²) in [7, 11) is 0. The molecule has 150 valence electrons. The number of pyridine rings is 1. The lowest BCUT2D eigenvalue weighted by molar-refractivity contribution is 0.627. The van der Waals surface area contributed by atoms with E-state index in [0.717, 1.165) is 16.8 Å². The number of hydrogen-bond acceptors (Lipinski definition) is 6. The average Bonchev–Trinajstić information content (AvgIpc) is 3.17. The minimum absolute atomic E-state index is 0.189. The smallest absolute Gasteiger partial charge is 0.154 e. The average molecular weight is 422 g/mol.